The average Bonchev–Trinajstić information content (AvgIpc) is 2.91. The maximum absolute atomic E-state index is 13.0. The third-order valence-corrected chi connectivity index (χ3v) is 8.33. The van der Waals surface area contributed by atoms with Crippen LogP contribution in [0.25, 0.3) is 0 Å². The van der Waals surface area contributed by atoms with Crippen LogP contribution in [0.5, 0.6) is 0 Å². The number of amides is 2. The lowest BCUT2D eigenvalue weighted by Gasteiger charge is -2.56. The minimum absolute atomic E-state index is 0.0821. The molecular formula is C23H36N2O2. The van der Waals surface area contributed by atoms with Gasteiger partial charge >= 0.3 is 0 Å². The molecule has 3 aliphatic carbocycles. The molecule has 0 radical (unpaired) electrons. The van der Waals surface area contributed by atoms with Gasteiger partial charge in [0.1, 0.15) is 0 Å². The zero-order valence-corrected chi connectivity index (χ0v) is 17.7. The Bertz CT molecular complexity index is 691. The molecule has 0 aromatic carbocycles. The maximum atomic E-state index is 13.0. The van der Waals surface area contributed by atoms with Gasteiger partial charge in [0.05, 0.1) is 0 Å². The summed E-state index contributed by atoms with van der Waals surface area (Å²) in [6.07, 6.45) is 9.48. The Hall–Kier alpha value is -1.32. The van der Waals surface area contributed by atoms with Gasteiger partial charge in [-0.2, -0.15) is 0 Å². The fraction of sp³-hybridized carbons (Fsp3) is 0.826. The second kappa shape index (κ2) is 6.09. The maximum Gasteiger partial charge on any atom is 0.224 e. The Morgan fingerprint density at radius 3 is 2.52 bits per heavy atom. The van der Waals surface area contributed by atoms with Crippen LogP contribution in [-0.4, -0.2) is 23.4 Å². The monoisotopic (exact) mass is 372 g/mol. The van der Waals surface area contributed by atoms with Crippen LogP contribution in [0.3, 0.4) is 0 Å². The van der Waals surface area contributed by atoms with Gasteiger partial charge in [-0.3, -0.25) is 9.59 Å². The predicted octanol–water partition coefficient (Wildman–Crippen LogP) is 3.96. The number of fused-ring (bicyclic) bond motifs is 5. The topological polar surface area (TPSA) is 58.2 Å². The summed E-state index contributed by atoms with van der Waals surface area (Å²) in [5, 5.41) is 6.51. The van der Waals surface area contributed by atoms with Crippen molar-refractivity contribution in [3.63, 3.8) is 0 Å². The molecule has 27 heavy (non-hydrogen) atoms. The molecule has 0 spiro atoms. The van der Waals surface area contributed by atoms with E-state index in [2.05, 4.69) is 51.3 Å². The molecule has 2 amide bonds. The summed E-state index contributed by atoms with van der Waals surface area (Å²) in [4.78, 5) is 24.9. The molecule has 0 aromatic heterocycles. The van der Waals surface area contributed by atoms with Crippen molar-refractivity contribution in [2.45, 2.75) is 91.1 Å². The van der Waals surface area contributed by atoms with Crippen LogP contribution >= 0.6 is 0 Å². The third-order valence-electron chi connectivity index (χ3n) is 8.33. The van der Waals surface area contributed by atoms with E-state index in [-0.39, 0.29) is 34.1 Å². The lowest BCUT2D eigenvalue weighted by molar-refractivity contribution is -0.132. The quantitative estimate of drug-likeness (QED) is 0.685. The number of piperidine rings is 1. The van der Waals surface area contributed by atoms with E-state index in [1.807, 2.05) is 0 Å². The van der Waals surface area contributed by atoms with E-state index in [0.29, 0.717) is 24.3 Å². The molecule has 1 aliphatic heterocycles. The van der Waals surface area contributed by atoms with E-state index in [1.54, 1.807) is 5.57 Å². The second-order valence-electron chi connectivity index (χ2n) is 11.1. The molecule has 3 fully saturated rings. The zero-order chi connectivity index (χ0) is 19.6. The fourth-order valence-electron chi connectivity index (χ4n) is 6.87. The van der Waals surface area contributed by atoms with E-state index in [1.165, 1.54) is 0 Å². The SMILES string of the molecule is CC(C)(C)NC(=O)C1CC[C@H]2C3=CCC4NC(=O)CC[C@]4(C)[C@@H]3CC[C@]12C. The molecule has 150 valence electrons. The molecular weight excluding hydrogens is 336 g/mol. The van der Waals surface area contributed by atoms with Gasteiger partial charge in [0, 0.05) is 23.9 Å². The van der Waals surface area contributed by atoms with E-state index in [0.717, 1.165) is 38.5 Å². The van der Waals surface area contributed by atoms with E-state index < -0.39 is 0 Å². The number of rotatable bonds is 1. The Kier molecular flexibility index (Phi) is 4.29. The van der Waals surface area contributed by atoms with E-state index in [4.69, 9.17) is 0 Å². The van der Waals surface area contributed by atoms with Crippen molar-refractivity contribution >= 4 is 11.8 Å². The molecule has 1 heterocycles. The van der Waals surface area contributed by atoms with Gasteiger partial charge in [-0.1, -0.05) is 25.5 Å². The summed E-state index contributed by atoms with van der Waals surface area (Å²) in [5.74, 6) is 1.69. The van der Waals surface area contributed by atoms with Crippen LogP contribution in [0.4, 0.5) is 0 Å². The molecule has 4 nitrogen and oxygen atoms in total. The smallest absolute Gasteiger partial charge is 0.224 e. The number of nitrogens with one attached hydrogen (secondary N) is 2. The number of hydrogen-bond donors (Lipinski definition) is 2. The van der Waals surface area contributed by atoms with Crippen molar-refractivity contribution in [3.8, 4) is 0 Å². The Balaban J connectivity index is 1.60. The van der Waals surface area contributed by atoms with E-state index >= 15 is 0 Å². The summed E-state index contributed by atoms with van der Waals surface area (Å²) in [6, 6.07) is 0.290. The molecule has 2 unspecified atom stereocenters. The molecule has 0 aromatic rings. The molecule has 4 aliphatic rings. The highest BCUT2D eigenvalue weighted by atomic mass is 16.2. The van der Waals surface area contributed by atoms with Crippen LogP contribution in [0.1, 0.15) is 79.6 Å². The van der Waals surface area contributed by atoms with Crippen LogP contribution < -0.4 is 10.6 Å². The van der Waals surface area contributed by atoms with Gasteiger partial charge in [0.2, 0.25) is 11.8 Å². The highest BCUT2D eigenvalue weighted by Crippen LogP contribution is 2.64. The van der Waals surface area contributed by atoms with Crippen molar-refractivity contribution in [2.75, 3.05) is 0 Å². The standard InChI is InChI=1S/C23H36N2O2/c1-21(2,3)25-20(27)17-8-7-15-14-6-9-18-23(5,13-11-19(26)24-18)16(14)10-12-22(15,17)4/h6,15-18H,7-13H2,1-5H3,(H,24,26)(H,25,27)/t15-,16+,17?,18?,22-,23+/m0/s1. The molecule has 4 rings (SSSR count). The Morgan fingerprint density at radius 2 is 1.81 bits per heavy atom. The van der Waals surface area contributed by atoms with Crippen molar-refractivity contribution in [3.05, 3.63) is 11.6 Å². The van der Waals surface area contributed by atoms with Crippen molar-refractivity contribution in [2.24, 2.45) is 28.6 Å². The van der Waals surface area contributed by atoms with Gasteiger partial charge in [-0.15, -0.1) is 0 Å². The Labute approximate surface area is 163 Å². The molecule has 6 atom stereocenters. The van der Waals surface area contributed by atoms with Crippen molar-refractivity contribution < 1.29 is 9.59 Å². The molecule has 2 saturated carbocycles. The van der Waals surface area contributed by atoms with Gasteiger partial charge in [0.25, 0.3) is 0 Å². The minimum atomic E-state index is -0.173. The van der Waals surface area contributed by atoms with Crippen LogP contribution in [0.15, 0.2) is 11.6 Å². The second-order valence-corrected chi connectivity index (χ2v) is 11.1. The highest BCUT2D eigenvalue weighted by Gasteiger charge is 2.59. The Morgan fingerprint density at radius 1 is 1.11 bits per heavy atom. The number of carbonyl (C=O) groups excluding carboxylic acids is 2. The number of carbonyl (C=O) groups is 2. The van der Waals surface area contributed by atoms with Crippen LogP contribution in [0.2, 0.25) is 0 Å². The minimum Gasteiger partial charge on any atom is -0.352 e. The predicted molar refractivity (Wildman–Crippen MR) is 107 cm³/mol. The van der Waals surface area contributed by atoms with Gasteiger partial charge in [-0.25, -0.2) is 0 Å². The first-order valence-corrected chi connectivity index (χ1v) is 10.9. The van der Waals surface area contributed by atoms with Crippen LogP contribution in [0, 0.1) is 28.6 Å². The summed E-state index contributed by atoms with van der Waals surface area (Å²) < 4.78 is 0. The first-order chi connectivity index (χ1) is 12.5. The highest BCUT2D eigenvalue weighted by molar-refractivity contribution is 5.81. The molecule has 2 N–H and O–H groups in total. The average molecular weight is 373 g/mol. The van der Waals surface area contributed by atoms with Crippen molar-refractivity contribution in [1.29, 1.82) is 0 Å². The summed E-state index contributed by atoms with van der Waals surface area (Å²) in [7, 11) is 0. The first kappa shape index (κ1) is 19.0. The van der Waals surface area contributed by atoms with Gasteiger partial charge in [-0.05, 0) is 82.0 Å². The summed E-state index contributed by atoms with van der Waals surface area (Å²) >= 11 is 0. The number of hydrogen-bond acceptors (Lipinski definition) is 2. The largest absolute Gasteiger partial charge is 0.352 e. The zero-order valence-electron chi connectivity index (χ0n) is 17.7. The molecule has 4 heteroatoms. The fourth-order valence-corrected chi connectivity index (χ4v) is 6.87. The lowest BCUT2D eigenvalue weighted by atomic mass is 9.50. The van der Waals surface area contributed by atoms with Crippen molar-refractivity contribution in [1.82, 2.24) is 10.6 Å². The number of allylic oxidation sites excluding steroid dienone is 1. The summed E-state index contributed by atoms with van der Waals surface area (Å²) in [6.45, 7) is 11.0. The molecule has 1 saturated heterocycles. The van der Waals surface area contributed by atoms with Gasteiger partial charge < -0.3 is 10.6 Å². The van der Waals surface area contributed by atoms with E-state index in [9.17, 15) is 9.59 Å². The normalized spacial score (nSPS) is 43.7. The third kappa shape index (κ3) is 2.94. The molecule has 0 bridgehead atoms. The lowest BCUT2D eigenvalue weighted by Crippen LogP contribution is -2.58. The summed E-state index contributed by atoms with van der Waals surface area (Å²) in [5.41, 5.74) is 1.71. The first-order valence-electron chi connectivity index (χ1n) is 10.9. The van der Waals surface area contributed by atoms with Crippen LogP contribution in [-0.2, 0) is 9.59 Å². The van der Waals surface area contributed by atoms with Gasteiger partial charge in [0.15, 0.2) is 0 Å².